The zero-order chi connectivity index (χ0) is 10.4. The number of aromatic nitrogens is 2. The molecule has 78 valence electrons. The van der Waals surface area contributed by atoms with E-state index < -0.39 is 0 Å². The molecule has 1 rings (SSSR count). The molecular formula is C8H14N4O2. The third-order valence-electron chi connectivity index (χ3n) is 1.79. The highest BCUT2D eigenvalue weighted by Crippen LogP contribution is 2.03. The van der Waals surface area contributed by atoms with Gasteiger partial charge in [0.1, 0.15) is 0 Å². The maximum Gasteiger partial charge on any atom is 0.227 e. The topological polar surface area (TPSA) is 93.0 Å². The Balaban J connectivity index is 2.35. The zero-order valence-electron chi connectivity index (χ0n) is 7.99. The lowest BCUT2D eigenvalue weighted by Crippen LogP contribution is -2.28. The summed E-state index contributed by atoms with van der Waals surface area (Å²) in [6.45, 7) is 0.329. The molecule has 0 aliphatic carbocycles. The van der Waals surface area contributed by atoms with Gasteiger partial charge in [-0.25, -0.2) is 0 Å². The number of hydrogen-bond donors (Lipinski definition) is 3. The van der Waals surface area contributed by atoms with Crippen LogP contribution in [0.15, 0.2) is 12.4 Å². The molecule has 0 aliphatic heterocycles. The van der Waals surface area contributed by atoms with Crippen LogP contribution in [0.5, 0.6) is 0 Å². The minimum Gasteiger partial charge on any atom is -0.380 e. The maximum absolute atomic E-state index is 11.4. The number of H-pyrrole nitrogens is 1. The molecule has 1 amide bonds. The summed E-state index contributed by atoms with van der Waals surface area (Å²) in [5.41, 5.74) is 6.02. The van der Waals surface area contributed by atoms with Crippen LogP contribution in [0.4, 0.5) is 5.69 Å². The van der Waals surface area contributed by atoms with E-state index in [0.717, 1.165) is 0 Å². The lowest BCUT2D eigenvalue weighted by Gasteiger charge is -2.11. The smallest absolute Gasteiger partial charge is 0.227 e. The van der Waals surface area contributed by atoms with Gasteiger partial charge < -0.3 is 15.8 Å². The molecule has 1 heterocycles. The van der Waals surface area contributed by atoms with Crippen LogP contribution < -0.4 is 11.1 Å². The summed E-state index contributed by atoms with van der Waals surface area (Å²) in [5.74, 6) is -0.135. The van der Waals surface area contributed by atoms with Crippen molar-refractivity contribution in [2.75, 3.05) is 19.0 Å². The normalized spacial score (nSPS) is 12.4. The summed E-state index contributed by atoms with van der Waals surface area (Å²) in [4.78, 5) is 11.4. The number of ether oxygens (including phenoxy) is 1. The van der Waals surface area contributed by atoms with Gasteiger partial charge in [0.2, 0.25) is 5.91 Å². The van der Waals surface area contributed by atoms with Crippen LogP contribution in [0.2, 0.25) is 0 Å². The zero-order valence-corrected chi connectivity index (χ0v) is 7.99. The third-order valence-corrected chi connectivity index (χ3v) is 1.79. The highest BCUT2D eigenvalue weighted by molar-refractivity contribution is 5.90. The van der Waals surface area contributed by atoms with Gasteiger partial charge in [0, 0.05) is 19.9 Å². The fourth-order valence-electron chi connectivity index (χ4n) is 1.00. The average molecular weight is 198 g/mol. The number of anilines is 1. The van der Waals surface area contributed by atoms with Crippen molar-refractivity contribution in [3.05, 3.63) is 12.4 Å². The molecule has 6 nitrogen and oxygen atoms in total. The van der Waals surface area contributed by atoms with E-state index in [1.807, 2.05) is 0 Å². The predicted octanol–water partition coefficient (Wildman–Crippen LogP) is -0.288. The molecular weight excluding hydrogens is 184 g/mol. The van der Waals surface area contributed by atoms with Gasteiger partial charge in [-0.3, -0.25) is 9.89 Å². The molecule has 0 aromatic carbocycles. The van der Waals surface area contributed by atoms with E-state index in [1.165, 1.54) is 13.3 Å². The Morgan fingerprint density at radius 1 is 1.86 bits per heavy atom. The van der Waals surface area contributed by atoms with Crippen LogP contribution in [-0.4, -0.2) is 35.9 Å². The molecule has 0 fully saturated rings. The number of amides is 1. The second-order valence-electron chi connectivity index (χ2n) is 2.83. The minimum atomic E-state index is -0.234. The maximum atomic E-state index is 11.4. The molecule has 1 aromatic heterocycles. The van der Waals surface area contributed by atoms with Gasteiger partial charge in [-0.05, 0) is 0 Å². The van der Waals surface area contributed by atoms with Crippen LogP contribution in [0.1, 0.15) is 6.42 Å². The second kappa shape index (κ2) is 5.36. The van der Waals surface area contributed by atoms with Crippen LogP contribution >= 0.6 is 0 Å². The van der Waals surface area contributed by atoms with Crippen molar-refractivity contribution in [3.63, 3.8) is 0 Å². The van der Waals surface area contributed by atoms with E-state index in [4.69, 9.17) is 10.5 Å². The number of carbonyl (C=O) groups excluding carboxylic acids is 1. The number of nitrogens with two attached hydrogens (primary N) is 1. The van der Waals surface area contributed by atoms with Crippen LogP contribution in [-0.2, 0) is 9.53 Å². The molecule has 6 heteroatoms. The van der Waals surface area contributed by atoms with Crippen molar-refractivity contribution in [2.45, 2.75) is 12.5 Å². The SMILES string of the molecule is COC(CN)CC(=O)Nc1cn[nH]c1. The fourth-order valence-corrected chi connectivity index (χ4v) is 1.00. The predicted molar refractivity (Wildman–Crippen MR) is 51.7 cm³/mol. The Morgan fingerprint density at radius 3 is 3.14 bits per heavy atom. The van der Waals surface area contributed by atoms with Gasteiger partial charge in [0.15, 0.2) is 0 Å². The Labute approximate surface area is 81.8 Å². The van der Waals surface area contributed by atoms with Crippen molar-refractivity contribution >= 4 is 11.6 Å². The van der Waals surface area contributed by atoms with E-state index in [-0.39, 0.29) is 18.4 Å². The van der Waals surface area contributed by atoms with Gasteiger partial charge in [0.05, 0.1) is 24.4 Å². The number of rotatable bonds is 5. The Bertz CT molecular complexity index is 269. The Morgan fingerprint density at radius 2 is 2.64 bits per heavy atom. The van der Waals surface area contributed by atoms with E-state index >= 15 is 0 Å². The summed E-state index contributed by atoms with van der Waals surface area (Å²) >= 11 is 0. The highest BCUT2D eigenvalue weighted by Gasteiger charge is 2.11. The van der Waals surface area contributed by atoms with E-state index in [9.17, 15) is 4.79 Å². The van der Waals surface area contributed by atoms with Crippen molar-refractivity contribution in [1.29, 1.82) is 0 Å². The van der Waals surface area contributed by atoms with Crippen LogP contribution in [0.25, 0.3) is 0 Å². The number of hydrogen-bond acceptors (Lipinski definition) is 4. The van der Waals surface area contributed by atoms with Crippen LogP contribution in [0, 0.1) is 0 Å². The minimum absolute atomic E-state index is 0.135. The van der Waals surface area contributed by atoms with Crippen molar-refractivity contribution in [3.8, 4) is 0 Å². The fraction of sp³-hybridized carbons (Fsp3) is 0.500. The van der Waals surface area contributed by atoms with Gasteiger partial charge in [-0.1, -0.05) is 0 Å². The first-order chi connectivity index (χ1) is 6.76. The molecule has 0 saturated carbocycles. The first kappa shape index (κ1) is 10.7. The van der Waals surface area contributed by atoms with Gasteiger partial charge in [0.25, 0.3) is 0 Å². The number of carbonyl (C=O) groups is 1. The molecule has 4 N–H and O–H groups in total. The van der Waals surface area contributed by atoms with Crippen LogP contribution in [0.3, 0.4) is 0 Å². The molecule has 1 atom stereocenters. The lowest BCUT2D eigenvalue weighted by atomic mass is 10.2. The molecule has 0 spiro atoms. The standard InChI is InChI=1S/C8H14N4O2/c1-14-7(3-9)2-8(13)12-6-4-10-11-5-6/h4-5,7H,2-3,9H2,1H3,(H,10,11)(H,12,13). The van der Waals surface area contributed by atoms with Gasteiger partial charge in [-0.2, -0.15) is 5.10 Å². The second-order valence-corrected chi connectivity index (χ2v) is 2.83. The Kier molecular flexibility index (Phi) is 4.09. The number of aromatic amines is 1. The largest absolute Gasteiger partial charge is 0.380 e. The summed E-state index contributed by atoms with van der Waals surface area (Å²) < 4.78 is 4.98. The number of methoxy groups -OCH3 is 1. The monoisotopic (exact) mass is 198 g/mol. The number of nitrogens with zero attached hydrogens (tertiary/aromatic N) is 1. The van der Waals surface area contributed by atoms with E-state index in [1.54, 1.807) is 6.20 Å². The number of nitrogens with one attached hydrogen (secondary N) is 2. The van der Waals surface area contributed by atoms with E-state index in [0.29, 0.717) is 12.2 Å². The molecule has 0 saturated heterocycles. The molecule has 0 aliphatic rings. The first-order valence-corrected chi connectivity index (χ1v) is 4.27. The first-order valence-electron chi connectivity index (χ1n) is 4.27. The molecule has 0 radical (unpaired) electrons. The van der Waals surface area contributed by atoms with Gasteiger partial charge in [-0.15, -0.1) is 0 Å². The molecule has 1 unspecified atom stereocenters. The molecule has 1 aromatic rings. The highest BCUT2D eigenvalue weighted by atomic mass is 16.5. The van der Waals surface area contributed by atoms with E-state index in [2.05, 4.69) is 15.5 Å². The molecule has 14 heavy (non-hydrogen) atoms. The molecule has 0 bridgehead atoms. The third kappa shape index (κ3) is 3.15. The van der Waals surface area contributed by atoms with Crippen molar-refractivity contribution in [1.82, 2.24) is 10.2 Å². The average Bonchev–Trinajstić information content (AvgIpc) is 2.66. The summed E-state index contributed by atoms with van der Waals surface area (Å²) in [6.07, 6.45) is 3.14. The summed E-state index contributed by atoms with van der Waals surface area (Å²) in [6, 6.07) is 0. The lowest BCUT2D eigenvalue weighted by molar-refractivity contribution is -0.118. The summed E-state index contributed by atoms with van der Waals surface area (Å²) in [5, 5.41) is 8.95. The quantitative estimate of drug-likeness (QED) is 0.606. The Hall–Kier alpha value is -1.40. The van der Waals surface area contributed by atoms with Crippen molar-refractivity contribution in [2.24, 2.45) is 5.73 Å². The van der Waals surface area contributed by atoms with Crippen molar-refractivity contribution < 1.29 is 9.53 Å². The summed E-state index contributed by atoms with van der Waals surface area (Å²) in [7, 11) is 1.53. The van der Waals surface area contributed by atoms with Gasteiger partial charge >= 0.3 is 0 Å².